The number of carbonyl (C=O) groups is 1. The third-order valence-corrected chi connectivity index (χ3v) is 2.49. The van der Waals surface area contributed by atoms with Gasteiger partial charge in [-0.1, -0.05) is 0 Å². The number of nitrogens with two attached hydrogens (primary N) is 1. The standard InChI is InChI=1S/C9H10BrN3O2S/c1-2-13(9(16)15-8(11)14)7-4-3-6(10)5-12-7/h3-5H,2H2,1H3,(H2,11,14). The molecule has 16 heavy (non-hydrogen) atoms. The van der Waals surface area contributed by atoms with Crippen LogP contribution in [0, 0.1) is 0 Å². The Morgan fingerprint density at radius 2 is 2.38 bits per heavy atom. The van der Waals surface area contributed by atoms with Crippen LogP contribution in [0.25, 0.3) is 0 Å². The van der Waals surface area contributed by atoms with Gasteiger partial charge in [0.2, 0.25) is 0 Å². The van der Waals surface area contributed by atoms with Crippen molar-refractivity contribution in [3.05, 3.63) is 22.8 Å². The zero-order valence-electron chi connectivity index (χ0n) is 8.51. The van der Waals surface area contributed by atoms with E-state index in [1.54, 1.807) is 17.2 Å². The van der Waals surface area contributed by atoms with Gasteiger partial charge in [0.1, 0.15) is 5.82 Å². The molecule has 0 aliphatic heterocycles. The molecule has 0 aliphatic rings. The molecule has 0 radical (unpaired) electrons. The van der Waals surface area contributed by atoms with Crippen LogP contribution in [0.3, 0.4) is 0 Å². The molecule has 7 heteroatoms. The number of halogens is 1. The molecule has 0 saturated heterocycles. The number of amides is 1. The number of rotatable bonds is 2. The number of pyridine rings is 1. The first kappa shape index (κ1) is 12.9. The summed E-state index contributed by atoms with van der Waals surface area (Å²) in [5, 5.41) is -0.00942. The van der Waals surface area contributed by atoms with Gasteiger partial charge in [-0.05, 0) is 47.2 Å². The molecule has 0 bridgehead atoms. The van der Waals surface area contributed by atoms with Gasteiger partial charge in [0.15, 0.2) is 0 Å². The van der Waals surface area contributed by atoms with Gasteiger partial charge in [-0.2, -0.15) is 0 Å². The Bertz CT molecular complexity index is 396. The van der Waals surface area contributed by atoms with Crippen LogP contribution in [0.1, 0.15) is 6.92 Å². The maximum Gasteiger partial charge on any atom is 0.411 e. The number of nitrogens with zero attached hydrogens (tertiary/aromatic N) is 2. The van der Waals surface area contributed by atoms with Crippen LogP contribution in [0.2, 0.25) is 0 Å². The Morgan fingerprint density at radius 1 is 1.69 bits per heavy atom. The Kier molecular flexibility index (Phi) is 4.63. The third kappa shape index (κ3) is 3.42. The minimum atomic E-state index is -0.930. The summed E-state index contributed by atoms with van der Waals surface area (Å²) in [6, 6.07) is 3.57. The van der Waals surface area contributed by atoms with Crippen LogP contribution in [-0.4, -0.2) is 22.8 Å². The first-order chi connectivity index (χ1) is 7.54. The van der Waals surface area contributed by atoms with E-state index >= 15 is 0 Å². The molecular formula is C9H10BrN3O2S. The lowest BCUT2D eigenvalue weighted by atomic mass is 10.4. The number of carbonyl (C=O) groups excluding carboxylic acids is 1. The van der Waals surface area contributed by atoms with Gasteiger partial charge in [-0.3, -0.25) is 4.90 Å². The van der Waals surface area contributed by atoms with Crippen molar-refractivity contribution in [2.75, 3.05) is 11.4 Å². The van der Waals surface area contributed by atoms with E-state index in [0.29, 0.717) is 12.4 Å². The fraction of sp³-hybridized carbons (Fsp3) is 0.222. The zero-order chi connectivity index (χ0) is 12.1. The minimum Gasteiger partial charge on any atom is -0.382 e. The first-order valence-electron chi connectivity index (χ1n) is 4.45. The fourth-order valence-electron chi connectivity index (χ4n) is 1.05. The summed E-state index contributed by atoms with van der Waals surface area (Å²) in [5.74, 6) is 0.594. The Balaban J connectivity index is 2.85. The van der Waals surface area contributed by atoms with E-state index in [0.717, 1.165) is 4.47 Å². The summed E-state index contributed by atoms with van der Waals surface area (Å²) in [6.45, 7) is 2.39. The van der Waals surface area contributed by atoms with Gasteiger partial charge >= 0.3 is 6.09 Å². The summed E-state index contributed by atoms with van der Waals surface area (Å²) in [7, 11) is 0. The Hall–Kier alpha value is -1.21. The molecule has 2 N–H and O–H groups in total. The van der Waals surface area contributed by atoms with E-state index < -0.39 is 6.09 Å². The van der Waals surface area contributed by atoms with Crippen molar-refractivity contribution in [2.24, 2.45) is 5.73 Å². The number of aromatic nitrogens is 1. The second-order valence-corrected chi connectivity index (χ2v) is 4.03. The molecule has 1 aromatic heterocycles. The Morgan fingerprint density at radius 3 is 2.81 bits per heavy atom. The highest BCUT2D eigenvalue weighted by molar-refractivity contribution is 9.10. The lowest BCUT2D eigenvalue weighted by molar-refractivity contribution is 0.208. The molecule has 0 spiro atoms. The number of thiocarbonyl (C=S) groups is 1. The lowest BCUT2D eigenvalue weighted by Crippen LogP contribution is -2.34. The smallest absolute Gasteiger partial charge is 0.382 e. The lowest BCUT2D eigenvalue weighted by Gasteiger charge is -2.20. The van der Waals surface area contributed by atoms with Crippen LogP contribution in [0.15, 0.2) is 22.8 Å². The van der Waals surface area contributed by atoms with Crippen LogP contribution < -0.4 is 10.6 Å². The van der Waals surface area contributed by atoms with Crippen molar-refractivity contribution in [2.45, 2.75) is 6.92 Å². The molecule has 5 nitrogen and oxygen atoms in total. The molecule has 0 atom stereocenters. The fourth-order valence-corrected chi connectivity index (χ4v) is 1.59. The van der Waals surface area contributed by atoms with Gasteiger partial charge in [-0.25, -0.2) is 9.78 Å². The van der Waals surface area contributed by atoms with E-state index in [4.69, 9.17) is 18.0 Å². The molecule has 1 rings (SSSR count). The molecule has 0 aliphatic carbocycles. The van der Waals surface area contributed by atoms with E-state index in [9.17, 15) is 4.79 Å². The molecule has 0 fully saturated rings. The second-order valence-electron chi connectivity index (χ2n) is 2.77. The van der Waals surface area contributed by atoms with Crippen LogP contribution in [0.5, 0.6) is 0 Å². The first-order valence-corrected chi connectivity index (χ1v) is 5.65. The summed E-state index contributed by atoms with van der Waals surface area (Å²) < 4.78 is 5.49. The van der Waals surface area contributed by atoms with Gasteiger partial charge in [0.05, 0.1) is 0 Å². The molecule has 1 amide bonds. The van der Waals surface area contributed by atoms with E-state index in [2.05, 4.69) is 25.7 Å². The zero-order valence-corrected chi connectivity index (χ0v) is 10.9. The number of ether oxygens (including phenoxy) is 1. The van der Waals surface area contributed by atoms with Gasteiger partial charge in [0, 0.05) is 17.2 Å². The normalized spacial score (nSPS) is 9.62. The quantitative estimate of drug-likeness (QED) is 0.847. The van der Waals surface area contributed by atoms with Crippen molar-refractivity contribution in [3.8, 4) is 0 Å². The number of hydrogen-bond donors (Lipinski definition) is 1. The summed E-state index contributed by atoms with van der Waals surface area (Å²) in [6.07, 6.45) is 0.700. The molecule has 0 unspecified atom stereocenters. The SMILES string of the molecule is CCN(C(=S)OC(N)=O)c1ccc(Br)cn1. The average Bonchev–Trinajstić information content (AvgIpc) is 2.21. The van der Waals surface area contributed by atoms with E-state index in [1.807, 2.05) is 13.0 Å². The number of anilines is 1. The highest BCUT2D eigenvalue weighted by atomic mass is 79.9. The molecule has 1 aromatic rings. The highest BCUT2D eigenvalue weighted by Crippen LogP contribution is 2.15. The van der Waals surface area contributed by atoms with Crippen molar-refractivity contribution in [1.29, 1.82) is 0 Å². The Labute approximate surface area is 107 Å². The van der Waals surface area contributed by atoms with Gasteiger partial charge in [-0.15, -0.1) is 0 Å². The number of hydrogen-bond acceptors (Lipinski definition) is 4. The highest BCUT2D eigenvalue weighted by Gasteiger charge is 2.14. The van der Waals surface area contributed by atoms with E-state index in [1.165, 1.54) is 0 Å². The molecule has 0 saturated carbocycles. The molecule has 0 aromatic carbocycles. The maximum absolute atomic E-state index is 10.6. The maximum atomic E-state index is 10.6. The second kappa shape index (κ2) is 5.76. The predicted molar refractivity (Wildman–Crippen MR) is 68.2 cm³/mol. The predicted octanol–water partition coefficient (Wildman–Crippen LogP) is 2.05. The van der Waals surface area contributed by atoms with E-state index in [-0.39, 0.29) is 5.17 Å². The summed E-state index contributed by atoms with van der Waals surface area (Å²) >= 11 is 8.19. The summed E-state index contributed by atoms with van der Waals surface area (Å²) in [5.41, 5.74) is 4.88. The topological polar surface area (TPSA) is 68.5 Å². The molecule has 86 valence electrons. The monoisotopic (exact) mass is 303 g/mol. The van der Waals surface area contributed by atoms with Crippen LogP contribution >= 0.6 is 28.1 Å². The third-order valence-electron chi connectivity index (χ3n) is 1.71. The van der Waals surface area contributed by atoms with Crippen molar-refractivity contribution >= 4 is 45.2 Å². The van der Waals surface area contributed by atoms with Crippen LogP contribution in [-0.2, 0) is 4.74 Å². The number of primary amides is 1. The molecule has 1 heterocycles. The minimum absolute atomic E-state index is 0.00942. The van der Waals surface area contributed by atoms with Crippen LogP contribution in [0.4, 0.5) is 10.6 Å². The summed E-state index contributed by atoms with van der Waals surface area (Å²) in [4.78, 5) is 16.3. The molecular weight excluding hydrogens is 294 g/mol. The largest absolute Gasteiger partial charge is 0.411 e. The van der Waals surface area contributed by atoms with Crippen molar-refractivity contribution in [3.63, 3.8) is 0 Å². The average molecular weight is 304 g/mol. The van der Waals surface area contributed by atoms with Crippen molar-refractivity contribution in [1.82, 2.24) is 4.98 Å². The van der Waals surface area contributed by atoms with Gasteiger partial charge in [0.25, 0.3) is 5.17 Å². The van der Waals surface area contributed by atoms with Crippen molar-refractivity contribution < 1.29 is 9.53 Å². The van der Waals surface area contributed by atoms with Gasteiger partial charge < -0.3 is 10.5 Å².